The Morgan fingerprint density at radius 3 is 2.53 bits per heavy atom. The van der Waals surface area contributed by atoms with Crippen LogP contribution in [0.3, 0.4) is 0 Å². The molecule has 3 N–H and O–H groups in total. The van der Waals surface area contributed by atoms with Crippen molar-refractivity contribution in [2.45, 2.75) is 37.8 Å². The van der Waals surface area contributed by atoms with Gasteiger partial charge in [0.15, 0.2) is 0 Å². The first kappa shape index (κ1) is 23.5. The minimum atomic E-state index is -4.06. The predicted molar refractivity (Wildman–Crippen MR) is 99.3 cm³/mol. The van der Waals surface area contributed by atoms with Crippen molar-refractivity contribution >= 4 is 40.3 Å². The molecular weight excluding hydrogens is 424 g/mol. The molecule has 0 spiro atoms. The number of urea groups is 1. The molecule has 30 heavy (non-hydrogen) atoms. The van der Waals surface area contributed by atoms with Gasteiger partial charge >= 0.3 is 12.0 Å². The molecule has 2 rings (SSSR count). The molecule has 2 heterocycles. The van der Waals surface area contributed by atoms with Crippen molar-refractivity contribution in [3.05, 3.63) is 0 Å². The van der Waals surface area contributed by atoms with Crippen LogP contribution in [0.2, 0.25) is 0 Å². The van der Waals surface area contributed by atoms with E-state index in [9.17, 15) is 32.4 Å². The van der Waals surface area contributed by atoms with Gasteiger partial charge in [-0.15, -0.1) is 4.83 Å². The number of carboxylic acids is 1. The number of fused-ring (bicyclic) bond motifs is 1. The maximum absolute atomic E-state index is 13.0. The van der Waals surface area contributed by atoms with E-state index < -0.39 is 52.5 Å². The van der Waals surface area contributed by atoms with Crippen molar-refractivity contribution in [2.75, 3.05) is 27.2 Å². The number of carbonyl (C=O) groups is 5. The Hall–Kier alpha value is -2.78. The lowest BCUT2D eigenvalue weighted by Gasteiger charge is -2.43. The molecule has 15 heteroatoms. The van der Waals surface area contributed by atoms with Crippen molar-refractivity contribution in [1.29, 1.82) is 0 Å². The third kappa shape index (κ3) is 5.22. The fraction of sp³-hybridized carbons (Fsp3) is 0.667. The monoisotopic (exact) mass is 448 g/mol. The van der Waals surface area contributed by atoms with E-state index in [4.69, 9.17) is 5.11 Å². The highest BCUT2D eigenvalue weighted by molar-refractivity contribution is 7.87. The molecular formula is C15H24N6O8S. The highest BCUT2D eigenvalue weighted by Gasteiger charge is 2.44. The molecule has 2 atom stereocenters. The summed E-state index contributed by atoms with van der Waals surface area (Å²) in [6.45, 7) is -0.100. The first-order valence-electron chi connectivity index (χ1n) is 9.06. The quantitative estimate of drug-likeness (QED) is 0.341. The summed E-state index contributed by atoms with van der Waals surface area (Å²) >= 11 is 0. The molecule has 2 fully saturated rings. The number of hydrogen-bond acceptors (Lipinski definition) is 7. The van der Waals surface area contributed by atoms with Crippen LogP contribution in [0.15, 0.2) is 0 Å². The highest BCUT2D eigenvalue weighted by Crippen LogP contribution is 2.24. The van der Waals surface area contributed by atoms with Gasteiger partial charge in [0, 0.05) is 33.6 Å². The van der Waals surface area contributed by atoms with Gasteiger partial charge in [0.25, 0.3) is 10.2 Å². The van der Waals surface area contributed by atoms with Crippen LogP contribution >= 0.6 is 0 Å². The topological polar surface area (TPSA) is 177 Å². The molecule has 0 bridgehead atoms. The van der Waals surface area contributed by atoms with Gasteiger partial charge < -0.3 is 15.2 Å². The minimum absolute atomic E-state index is 0.133. The molecule has 0 aromatic carbocycles. The summed E-state index contributed by atoms with van der Waals surface area (Å²) in [6.07, 6.45) is -0.0503. The lowest BCUT2D eigenvalue weighted by molar-refractivity contribution is -0.155. The summed E-state index contributed by atoms with van der Waals surface area (Å²) in [5, 5.41) is 13.7. The van der Waals surface area contributed by atoms with E-state index in [-0.39, 0.29) is 32.2 Å². The Bertz CT molecular complexity index is 831. The molecule has 0 aliphatic carbocycles. The molecule has 14 nitrogen and oxygen atoms in total. The van der Waals surface area contributed by atoms with E-state index in [0.717, 1.165) is 19.3 Å². The van der Waals surface area contributed by atoms with Gasteiger partial charge in [-0.05, 0) is 12.8 Å². The van der Waals surface area contributed by atoms with E-state index in [1.165, 1.54) is 14.1 Å². The molecule has 0 unspecified atom stereocenters. The molecule has 4 amide bonds. The van der Waals surface area contributed by atoms with Crippen molar-refractivity contribution in [1.82, 2.24) is 29.5 Å². The Kier molecular flexibility index (Phi) is 7.33. The van der Waals surface area contributed by atoms with Crippen molar-refractivity contribution in [2.24, 2.45) is 0 Å². The zero-order valence-corrected chi connectivity index (χ0v) is 17.3. The Morgan fingerprint density at radius 1 is 1.30 bits per heavy atom. The minimum Gasteiger partial charge on any atom is -0.481 e. The van der Waals surface area contributed by atoms with Crippen LogP contribution in [-0.2, 0) is 29.4 Å². The standard InChI is InChI=1S/C15H24N6O8S/c1-18(2)30(28,29)17-19-7-5-12(23)20-6-3-4-11(21(20)15(19)27)14(26)16-10(9-22)8-13(24)25/h9-11,17H,3-8H2,1-2H3,(H,16,26)(H,24,25)/t10-,11-/m0/s1. The van der Waals surface area contributed by atoms with Gasteiger partial charge in [-0.25, -0.2) is 19.8 Å². The van der Waals surface area contributed by atoms with Crippen molar-refractivity contribution in [3.8, 4) is 0 Å². The van der Waals surface area contributed by atoms with Crippen LogP contribution in [0.4, 0.5) is 4.79 Å². The maximum Gasteiger partial charge on any atom is 0.354 e. The summed E-state index contributed by atoms with van der Waals surface area (Å²) in [4.78, 5) is 62.2. The summed E-state index contributed by atoms with van der Waals surface area (Å²) in [5.41, 5.74) is 0. The number of aldehydes is 1. The molecule has 2 aliphatic rings. The van der Waals surface area contributed by atoms with Crippen molar-refractivity contribution in [3.63, 3.8) is 0 Å². The Labute approximate surface area is 172 Å². The molecule has 0 aromatic rings. The summed E-state index contributed by atoms with van der Waals surface area (Å²) < 4.78 is 25.1. The smallest absolute Gasteiger partial charge is 0.354 e. The third-order valence-electron chi connectivity index (χ3n) is 4.56. The second-order valence-corrected chi connectivity index (χ2v) is 8.79. The van der Waals surface area contributed by atoms with Gasteiger partial charge in [-0.1, -0.05) is 0 Å². The number of aliphatic carboxylic acids is 1. The number of nitrogens with one attached hydrogen (secondary N) is 2. The second-order valence-electron chi connectivity index (χ2n) is 6.93. The average molecular weight is 448 g/mol. The highest BCUT2D eigenvalue weighted by atomic mass is 32.2. The zero-order chi connectivity index (χ0) is 22.6. The Balaban J connectivity index is 2.29. The van der Waals surface area contributed by atoms with Crippen LogP contribution in [0, 0.1) is 0 Å². The summed E-state index contributed by atoms with van der Waals surface area (Å²) in [7, 11) is -1.55. The number of nitrogens with zero attached hydrogens (tertiary/aromatic N) is 4. The van der Waals surface area contributed by atoms with Crippen molar-refractivity contribution < 1.29 is 37.5 Å². The van der Waals surface area contributed by atoms with Crippen LogP contribution < -0.4 is 10.1 Å². The molecule has 2 aliphatic heterocycles. The van der Waals surface area contributed by atoms with Gasteiger partial charge in [0.05, 0.1) is 12.5 Å². The molecule has 0 saturated carbocycles. The van der Waals surface area contributed by atoms with E-state index in [0.29, 0.717) is 6.42 Å². The fourth-order valence-electron chi connectivity index (χ4n) is 3.02. The molecule has 0 radical (unpaired) electrons. The normalized spacial score (nSPS) is 21.2. The number of hydrogen-bond donors (Lipinski definition) is 3. The van der Waals surface area contributed by atoms with Crippen LogP contribution in [-0.4, -0.2) is 102 Å². The van der Waals surface area contributed by atoms with Gasteiger partial charge in [0.2, 0.25) is 11.8 Å². The first-order chi connectivity index (χ1) is 14.0. The summed E-state index contributed by atoms with van der Waals surface area (Å²) in [5.74, 6) is -2.61. The SMILES string of the molecule is CN(C)S(=O)(=O)NN1CCC(=O)N2CCC[C@@H](C(=O)N[C@H](C=O)CC(=O)O)N2C1=O. The second kappa shape index (κ2) is 9.36. The zero-order valence-electron chi connectivity index (χ0n) is 16.5. The summed E-state index contributed by atoms with van der Waals surface area (Å²) in [6, 6.07) is -3.48. The Morgan fingerprint density at radius 2 is 1.97 bits per heavy atom. The number of amides is 4. The molecule has 2 saturated heterocycles. The van der Waals surface area contributed by atoms with Gasteiger partial charge in [-0.2, -0.15) is 12.7 Å². The fourth-order valence-corrected chi connectivity index (χ4v) is 3.63. The van der Waals surface area contributed by atoms with Crippen LogP contribution in [0.25, 0.3) is 0 Å². The average Bonchev–Trinajstić information content (AvgIpc) is 2.78. The lowest BCUT2D eigenvalue weighted by atomic mass is 10.1. The maximum atomic E-state index is 13.0. The lowest BCUT2D eigenvalue weighted by Crippen LogP contribution is -2.65. The van der Waals surface area contributed by atoms with E-state index in [2.05, 4.69) is 10.1 Å². The van der Waals surface area contributed by atoms with E-state index in [1.54, 1.807) is 0 Å². The van der Waals surface area contributed by atoms with Gasteiger partial charge in [-0.3, -0.25) is 14.4 Å². The first-order valence-corrected chi connectivity index (χ1v) is 10.5. The number of carbonyl (C=O) groups excluding carboxylic acids is 4. The third-order valence-corrected chi connectivity index (χ3v) is 5.97. The number of hydrazine groups is 2. The van der Waals surface area contributed by atoms with Crippen LogP contribution in [0.5, 0.6) is 0 Å². The van der Waals surface area contributed by atoms with Gasteiger partial charge in [0.1, 0.15) is 12.3 Å². The number of rotatable bonds is 8. The molecule has 168 valence electrons. The van der Waals surface area contributed by atoms with Crippen LogP contribution in [0.1, 0.15) is 25.7 Å². The largest absolute Gasteiger partial charge is 0.481 e. The predicted octanol–water partition coefficient (Wildman–Crippen LogP) is -2.51. The number of carboxylic acid groups (broad SMARTS) is 1. The van der Waals surface area contributed by atoms with E-state index in [1.807, 2.05) is 0 Å². The molecule has 0 aromatic heterocycles. The van der Waals surface area contributed by atoms with E-state index >= 15 is 0 Å².